The van der Waals surface area contributed by atoms with E-state index >= 15 is 0 Å². The van der Waals surface area contributed by atoms with Crippen molar-refractivity contribution in [3.05, 3.63) is 58.1 Å². The highest BCUT2D eigenvalue weighted by atomic mass is 79.9. The lowest BCUT2D eigenvalue weighted by atomic mass is 10.1. The van der Waals surface area contributed by atoms with E-state index in [1.54, 1.807) is 37.3 Å². The summed E-state index contributed by atoms with van der Waals surface area (Å²) in [6.07, 6.45) is 0. The number of anilines is 1. The minimum absolute atomic E-state index is 0.233. The van der Waals surface area contributed by atoms with Crippen LogP contribution < -0.4 is 10.5 Å². The second-order valence-electron chi connectivity index (χ2n) is 4.38. The van der Waals surface area contributed by atoms with Gasteiger partial charge in [0.2, 0.25) is 0 Å². The zero-order valence-electron chi connectivity index (χ0n) is 10.9. The van der Waals surface area contributed by atoms with Gasteiger partial charge in [-0.15, -0.1) is 0 Å². The van der Waals surface area contributed by atoms with Crippen molar-refractivity contribution in [2.75, 3.05) is 4.72 Å². The van der Waals surface area contributed by atoms with Gasteiger partial charge in [-0.2, -0.15) is 0 Å². The predicted octanol–water partition coefficient (Wildman–Crippen LogP) is 3.02. The molecule has 0 saturated carbocycles. The summed E-state index contributed by atoms with van der Waals surface area (Å²) in [4.78, 5) is 0.233. The lowest BCUT2D eigenvalue weighted by molar-refractivity contribution is 0.600. The fourth-order valence-electron chi connectivity index (χ4n) is 1.82. The maximum atomic E-state index is 12.5. The van der Waals surface area contributed by atoms with Crippen LogP contribution in [0.15, 0.2) is 51.8 Å². The summed E-state index contributed by atoms with van der Waals surface area (Å²) in [5.74, 6) is 0. The molecule has 0 aliphatic rings. The summed E-state index contributed by atoms with van der Waals surface area (Å²) < 4.78 is 28.2. The molecule has 0 aliphatic carbocycles. The van der Waals surface area contributed by atoms with Crippen LogP contribution in [0.25, 0.3) is 0 Å². The van der Waals surface area contributed by atoms with Crippen molar-refractivity contribution in [3.8, 4) is 0 Å². The Morgan fingerprint density at radius 2 is 1.85 bits per heavy atom. The molecule has 20 heavy (non-hydrogen) atoms. The van der Waals surface area contributed by atoms with Gasteiger partial charge < -0.3 is 5.73 Å². The summed E-state index contributed by atoms with van der Waals surface area (Å²) in [6.45, 7) is 2.04. The van der Waals surface area contributed by atoms with Gasteiger partial charge in [-0.3, -0.25) is 4.72 Å². The van der Waals surface area contributed by atoms with Gasteiger partial charge in [-0.1, -0.05) is 34.1 Å². The molecule has 0 amide bonds. The van der Waals surface area contributed by atoms with Gasteiger partial charge in [0.1, 0.15) is 0 Å². The molecule has 2 rings (SSSR count). The lowest BCUT2D eigenvalue weighted by Crippen LogP contribution is -2.15. The van der Waals surface area contributed by atoms with E-state index in [0.29, 0.717) is 11.3 Å². The fourth-order valence-corrected chi connectivity index (χ4v) is 3.84. The quantitative estimate of drug-likeness (QED) is 0.886. The molecule has 0 saturated heterocycles. The van der Waals surface area contributed by atoms with Crippen molar-refractivity contribution in [2.45, 2.75) is 18.4 Å². The van der Waals surface area contributed by atoms with E-state index in [2.05, 4.69) is 20.7 Å². The fraction of sp³-hybridized carbons (Fsp3) is 0.143. The molecule has 106 valence electrons. The Balaban J connectivity index is 2.47. The molecule has 0 bridgehead atoms. The van der Waals surface area contributed by atoms with Crippen molar-refractivity contribution < 1.29 is 8.42 Å². The Kier molecular flexibility index (Phi) is 4.47. The second-order valence-corrected chi connectivity index (χ2v) is 6.88. The van der Waals surface area contributed by atoms with Crippen LogP contribution >= 0.6 is 15.9 Å². The average molecular weight is 355 g/mol. The van der Waals surface area contributed by atoms with E-state index in [0.717, 1.165) is 10.0 Å². The number of rotatable bonds is 4. The molecule has 6 heteroatoms. The monoisotopic (exact) mass is 354 g/mol. The van der Waals surface area contributed by atoms with E-state index in [1.165, 1.54) is 0 Å². The largest absolute Gasteiger partial charge is 0.326 e. The zero-order chi connectivity index (χ0) is 14.8. The van der Waals surface area contributed by atoms with Crippen LogP contribution in [-0.4, -0.2) is 8.42 Å². The van der Waals surface area contributed by atoms with Gasteiger partial charge in [0.25, 0.3) is 10.0 Å². The Morgan fingerprint density at radius 3 is 2.45 bits per heavy atom. The van der Waals surface area contributed by atoms with Crippen molar-refractivity contribution in [1.29, 1.82) is 0 Å². The summed E-state index contributed by atoms with van der Waals surface area (Å²) >= 11 is 3.37. The number of para-hydroxylation sites is 1. The molecule has 0 spiro atoms. The average Bonchev–Trinajstić information content (AvgIpc) is 2.42. The number of halogens is 1. The predicted molar refractivity (Wildman–Crippen MR) is 84.0 cm³/mol. The van der Waals surface area contributed by atoms with Crippen LogP contribution in [0.3, 0.4) is 0 Å². The molecule has 0 heterocycles. The molecule has 0 atom stereocenters. The van der Waals surface area contributed by atoms with E-state index in [4.69, 9.17) is 5.73 Å². The summed E-state index contributed by atoms with van der Waals surface area (Å²) in [5.41, 5.74) is 7.54. The van der Waals surface area contributed by atoms with Gasteiger partial charge in [0.15, 0.2) is 0 Å². The van der Waals surface area contributed by atoms with Crippen molar-refractivity contribution >= 4 is 31.6 Å². The molecule has 0 radical (unpaired) electrons. The number of nitrogens with two attached hydrogens (primary N) is 1. The van der Waals surface area contributed by atoms with E-state index < -0.39 is 10.0 Å². The number of sulfonamides is 1. The first-order valence-electron chi connectivity index (χ1n) is 6.01. The maximum absolute atomic E-state index is 12.5. The van der Waals surface area contributed by atoms with Crippen LogP contribution in [0.2, 0.25) is 0 Å². The Morgan fingerprint density at radius 1 is 1.20 bits per heavy atom. The zero-order valence-corrected chi connectivity index (χ0v) is 13.3. The van der Waals surface area contributed by atoms with Crippen molar-refractivity contribution in [3.63, 3.8) is 0 Å². The minimum atomic E-state index is -3.63. The third-order valence-corrected chi connectivity index (χ3v) is 5.24. The highest BCUT2D eigenvalue weighted by Gasteiger charge is 2.19. The smallest absolute Gasteiger partial charge is 0.262 e. The molecule has 4 nitrogen and oxygen atoms in total. The normalized spacial score (nSPS) is 11.3. The first-order chi connectivity index (χ1) is 9.44. The summed E-state index contributed by atoms with van der Waals surface area (Å²) in [5, 5.41) is 0. The number of nitrogens with one attached hydrogen (secondary N) is 1. The standard InChI is InChI=1S/C14H15BrN2O2S/c1-10-13(15)7-11(9-16)8-14(10)20(18,19)17-12-5-3-2-4-6-12/h2-8,17H,9,16H2,1H3. The minimum Gasteiger partial charge on any atom is -0.326 e. The van der Waals surface area contributed by atoms with Crippen LogP contribution in [-0.2, 0) is 16.6 Å². The van der Waals surface area contributed by atoms with Crippen LogP contribution in [0.1, 0.15) is 11.1 Å². The van der Waals surface area contributed by atoms with Gasteiger partial charge >= 0.3 is 0 Å². The second kappa shape index (κ2) is 5.95. The topological polar surface area (TPSA) is 72.2 Å². The van der Waals surface area contributed by atoms with Crippen LogP contribution in [0, 0.1) is 6.92 Å². The molecule has 0 aromatic heterocycles. The Bertz CT molecular complexity index is 715. The van der Waals surface area contributed by atoms with Gasteiger partial charge in [0.05, 0.1) is 4.90 Å². The molecule has 2 aromatic carbocycles. The lowest BCUT2D eigenvalue weighted by Gasteiger charge is -2.13. The highest BCUT2D eigenvalue weighted by molar-refractivity contribution is 9.10. The van der Waals surface area contributed by atoms with Crippen molar-refractivity contribution in [2.24, 2.45) is 5.73 Å². The molecular weight excluding hydrogens is 340 g/mol. The van der Waals surface area contributed by atoms with Crippen molar-refractivity contribution in [1.82, 2.24) is 0 Å². The molecule has 0 unspecified atom stereocenters. The third kappa shape index (κ3) is 3.20. The highest BCUT2D eigenvalue weighted by Crippen LogP contribution is 2.27. The first kappa shape index (κ1) is 15.0. The summed E-state index contributed by atoms with van der Waals surface area (Å²) in [7, 11) is -3.63. The molecule has 0 aliphatic heterocycles. The maximum Gasteiger partial charge on any atom is 0.262 e. The van der Waals surface area contributed by atoms with E-state index in [-0.39, 0.29) is 11.4 Å². The number of hydrogen-bond donors (Lipinski definition) is 2. The molecule has 3 N–H and O–H groups in total. The Labute approximate surface area is 127 Å². The number of benzene rings is 2. The first-order valence-corrected chi connectivity index (χ1v) is 8.28. The molecule has 2 aromatic rings. The molecular formula is C14H15BrN2O2S. The van der Waals surface area contributed by atoms with Crippen LogP contribution in [0.4, 0.5) is 5.69 Å². The summed E-state index contributed by atoms with van der Waals surface area (Å²) in [6, 6.07) is 12.2. The molecule has 0 fully saturated rings. The van der Waals surface area contributed by atoms with E-state index in [1.807, 2.05) is 12.1 Å². The van der Waals surface area contributed by atoms with E-state index in [9.17, 15) is 8.42 Å². The SMILES string of the molecule is Cc1c(Br)cc(CN)cc1S(=O)(=O)Nc1ccccc1. The van der Waals surface area contributed by atoms with Gasteiger partial charge in [0, 0.05) is 16.7 Å². The number of hydrogen-bond acceptors (Lipinski definition) is 3. The van der Waals surface area contributed by atoms with Gasteiger partial charge in [-0.05, 0) is 42.3 Å². The van der Waals surface area contributed by atoms with Crippen LogP contribution in [0.5, 0.6) is 0 Å². The van der Waals surface area contributed by atoms with Gasteiger partial charge in [-0.25, -0.2) is 8.42 Å². The Hall–Kier alpha value is -1.37. The third-order valence-electron chi connectivity index (χ3n) is 2.91.